The molecule has 2 unspecified atom stereocenters. The van der Waals surface area contributed by atoms with Crippen LogP contribution >= 0.6 is 11.6 Å². The first kappa shape index (κ1) is 14.6. The van der Waals surface area contributed by atoms with E-state index in [-0.39, 0.29) is 10.7 Å². The van der Waals surface area contributed by atoms with Crippen LogP contribution in [0, 0.1) is 11.7 Å². The van der Waals surface area contributed by atoms with Crippen molar-refractivity contribution in [2.45, 2.75) is 25.3 Å². The predicted molar refractivity (Wildman–Crippen MR) is 72.3 cm³/mol. The number of aliphatic carboxylic acids is 1. The van der Waals surface area contributed by atoms with Gasteiger partial charge in [-0.05, 0) is 25.0 Å². The molecule has 3 N–H and O–H groups in total. The van der Waals surface area contributed by atoms with Crippen LogP contribution in [0.4, 0.5) is 14.9 Å². The van der Waals surface area contributed by atoms with Gasteiger partial charge in [-0.1, -0.05) is 24.1 Å². The highest BCUT2D eigenvalue weighted by atomic mass is 35.5. The van der Waals surface area contributed by atoms with Crippen molar-refractivity contribution >= 4 is 29.3 Å². The average molecular weight is 301 g/mol. The summed E-state index contributed by atoms with van der Waals surface area (Å²) in [6.45, 7) is 0. The van der Waals surface area contributed by atoms with E-state index in [1.54, 1.807) is 0 Å². The van der Waals surface area contributed by atoms with Gasteiger partial charge in [0.2, 0.25) is 0 Å². The van der Waals surface area contributed by atoms with E-state index in [0.717, 1.165) is 6.42 Å². The van der Waals surface area contributed by atoms with Gasteiger partial charge in [0.05, 0.1) is 16.6 Å². The zero-order valence-corrected chi connectivity index (χ0v) is 11.3. The Balaban J connectivity index is 1.99. The summed E-state index contributed by atoms with van der Waals surface area (Å²) in [4.78, 5) is 22.8. The van der Waals surface area contributed by atoms with Gasteiger partial charge in [0.25, 0.3) is 0 Å². The van der Waals surface area contributed by atoms with E-state index in [9.17, 15) is 14.0 Å². The second-order valence-electron chi connectivity index (χ2n) is 4.68. The third-order valence-electron chi connectivity index (χ3n) is 3.35. The number of carboxylic acids is 1. The quantitative estimate of drug-likeness (QED) is 0.803. The summed E-state index contributed by atoms with van der Waals surface area (Å²) >= 11 is 5.61. The number of amides is 2. The third kappa shape index (κ3) is 3.19. The van der Waals surface area contributed by atoms with Crippen LogP contribution in [0.2, 0.25) is 5.02 Å². The van der Waals surface area contributed by atoms with Crippen LogP contribution in [0.1, 0.15) is 19.3 Å². The van der Waals surface area contributed by atoms with Gasteiger partial charge >= 0.3 is 12.0 Å². The summed E-state index contributed by atoms with van der Waals surface area (Å²) in [6, 6.07) is 3.19. The normalized spacial score (nSPS) is 21.5. The lowest BCUT2D eigenvalue weighted by molar-refractivity contribution is -0.142. The summed E-state index contributed by atoms with van der Waals surface area (Å²) in [5.41, 5.74) is -0.0418. The van der Waals surface area contributed by atoms with Crippen LogP contribution in [0.5, 0.6) is 0 Å². The number of hydrogen-bond acceptors (Lipinski definition) is 2. The first-order chi connectivity index (χ1) is 9.49. The fourth-order valence-electron chi connectivity index (χ4n) is 2.36. The molecule has 2 amide bonds. The number of urea groups is 1. The van der Waals surface area contributed by atoms with E-state index in [2.05, 4.69) is 10.6 Å². The second-order valence-corrected chi connectivity index (χ2v) is 5.09. The van der Waals surface area contributed by atoms with Crippen molar-refractivity contribution in [3.8, 4) is 0 Å². The molecule has 0 bridgehead atoms. The van der Waals surface area contributed by atoms with Crippen LogP contribution in [0.15, 0.2) is 18.2 Å². The number of nitrogens with one attached hydrogen (secondary N) is 2. The van der Waals surface area contributed by atoms with Crippen molar-refractivity contribution in [3.05, 3.63) is 29.0 Å². The molecule has 0 aliphatic heterocycles. The van der Waals surface area contributed by atoms with Crippen molar-refractivity contribution in [2.75, 3.05) is 5.32 Å². The molecule has 1 aromatic carbocycles. The van der Waals surface area contributed by atoms with Crippen LogP contribution in [0.25, 0.3) is 0 Å². The standard InChI is InChI=1S/C13H14ClFN2O3/c14-8-4-2-6-10(11(8)15)17-13(20)16-9-5-1-3-7(9)12(18)19/h2,4,6-7,9H,1,3,5H2,(H,18,19)(H2,16,17,20). The maximum atomic E-state index is 13.6. The van der Waals surface area contributed by atoms with Crippen molar-refractivity contribution in [1.82, 2.24) is 5.32 Å². The van der Waals surface area contributed by atoms with Gasteiger partial charge in [-0.25, -0.2) is 9.18 Å². The number of carbonyl (C=O) groups excluding carboxylic acids is 1. The van der Waals surface area contributed by atoms with E-state index >= 15 is 0 Å². The van der Waals surface area contributed by atoms with E-state index in [4.69, 9.17) is 16.7 Å². The number of carboxylic acid groups (broad SMARTS) is 1. The molecule has 0 saturated heterocycles. The minimum Gasteiger partial charge on any atom is -0.481 e. The molecule has 0 radical (unpaired) electrons. The maximum absolute atomic E-state index is 13.6. The Morgan fingerprint density at radius 3 is 2.80 bits per heavy atom. The SMILES string of the molecule is O=C(Nc1cccc(Cl)c1F)NC1CCCC1C(=O)O. The molecule has 7 heteroatoms. The van der Waals surface area contributed by atoms with Gasteiger partial charge in [0.1, 0.15) is 0 Å². The van der Waals surface area contributed by atoms with E-state index in [0.29, 0.717) is 12.8 Å². The largest absolute Gasteiger partial charge is 0.481 e. The zero-order valence-electron chi connectivity index (χ0n) is 10.5. The van der Waals surface area contributed by atoms with Gasteiger partial charge < -0.3 is 15.7 Å². The van der Waals surface area contributed by atoms with Crippen molar-refractivity contribution in [1.29, 1.82) is 0 Å². The van der Waals surface area contributed by atoms with E-state index in [1.807, 2.05) is 0 Å². The first-order valence-electron chi connectivity index (χ1n) is 6.23. The van der Waals surface area contributed by atoms with Crippen molar-refractivity contribution in [2.24, 2.45) is 5.92 Å². The minimum atomic E-state index is -0.929. The Morgan fingerprint density at radius 2 is 2.10 bits per heavy atom. The molecule has 0 heterocycles. The Bertz CT molecular complexity index is 538. The lowest BCUT2D eigenvalue weighted by Crippen LogP contribution is -2.42. The lowest BCUT2D eigenvalue weighted by atomic mass is 10.0. The van der Waals surface area contributed by atoms with Crippen LogP contribution in [-0.4, -0.2) is 23.1 Å². The van der Waals surface area contributed by atoms with Gasteiger partial charge in [-0.2, -0.15) is 0 Å². The maximum Gasteiger partial charge on any atom is 0.319 e. The lowest BCUT2D eigenvalue weighted by Gasteiger charge is -2.18. The second kappa shape index (κ2) is 6.09. The van der Waals surface area contributed by atoms with Gasteiger partial charge in [0, 0.05) is 6.04 Å². The molecule has 1 aromatic rings. The zero-order chi connectivity index (χ0) is 14.7. The molecule has 0 spiro atoms. The minimum absolute atomic E-state index is 0.0418. The summed E-state index contributed by atoms with van der Waals surface area (Å²) in [7, 11) is 0. The van der Waals surface area contributed by atoms with Gasteiger partial charge in [-0.3, -0.25) is 4.79 Å². The molecule has 1 saturated carbocycles. The molecule has 1 aliphatic rings. The average Bonchev–Trinajstić information content (AvgIpc) is 2.83. The van der Waals surface area contributed by atoms with Crippen LogP contribution in [-0.2, 0) is 4.79 Å². The van der Waals surface area contributed by atoms with E-state index < -0.39 is 29.8 Å². The topological polar surface area (TPSA) is 78.4 Å². The first-order valence-corrected chi connectivity index (χ1v) is 6.61. The van der Waals surface area contributed by atoms with E-state index in [1.165, 1.54) is 18.2 Å². The number of carbonyl (C=O) groups is 2. The smallest absolute Gasteiger partial charge is 0.319 e. The summed E-state index contributed by atoms with van der Waals surface area (Å²) in [5.74, 6) is -2.24. The van der Waals surface area contributed by atoms with Gasteiger partial charge in [-0.15, -0.1) is 0 Å². The van der Waals surface area contributed by atoms with Crippen molar-refractivity contribution < 1.29 is 19.1 Å². The Labute approximate surface area is 120 Å². The molecule has 20 heavy (non-hydrogen) atoms. The molecule has 0 aromatic heterocycles. The molecular weight excluding hydrogens is 287 g/mol. The van der Waals surface area contributed by atoms with Crippen LogP contribution < -0.4 is 10.6 Å². The fraction of sp³-hybridized carbons (Fsp3) is 0.385. The van der Waals surface area contributed by atoms with Crippen LogP contribution in [0.3, 0.4) is 0 Å². The monoisotopic (exact) mass is 300 g/mol. The summed E-state index contributed by atoms with van der Waals surface area (Å²) in [5, 5.41) is 13.8. The number of rotatable bonds is 3. The summed E-state index contributed by atoms with van der Waals surface area (Å²) < 4.78 is 13.6. The molecule has 2 atom stereocenters. The molecule has 5 nitrogen and oxygen atoms in total. The number of anilines is 1. The molecule has 1 fully saturated rings. The number of hydrogen-bond donors (Lipinski definition) is 3. The Hall–Kier alpha value is -1.82. The Morgan fingerprint density at radius 1 is 1.35 bits per heavy atom. The highest BCUT2D eigenvalue weighted by molar-refractivity contribution is 6.31. The number of halogens is 2. The molecule has 108 valence electrons. The predicted octanol–water partition coefficient (Wildman–Crippen LogP) is 2.85. The van der Waals surface area contributed by atoms with Crippen molar-refractivity contribution in [3.63, 3.8) is 0 Å². The highest BCUT2D eigenvalue weighted by Gasteiger charge is 2.33. The third-order valence-corrected chi connectivity index (χ3v) is 3.64. The molecular formula is C13H14ClFN2O3. The van der Waals surface area contributed by atoms with Gasteiger partial charge in [0.15, 0.2) is 5.82 Å². The Kier molecular flexibility index (Phi) is 4.44. The number of benzene rings is 1. The summed E-state index contributed by atoms with van der Waals surface area (Å²) in [6.07, 6.45) is 1.88. The fourth-order valence-corrected chi connectivity index (χ4v) is 2.53. The highest BCUT2D eigenvalue weighted by Crippen LogP contribution is 2.26. The molecule has 2 rings (SSSR count). The molecule has 1 aliphatic carbocycles.